The molecule has 0 aliphatic carbocycles. The zero-order valence-electron chi connectivity index (χ0n) is 13.0. The minimum atomic E-state index is 0.598. The number of aromatic nitrogens is 1. The average Bonchev–Trinajstić information content (AvgIpc) is 3.09. The van der Waals surface area contributed by atoms with E-state index in [4.69, 9.17) is 4.98 Å². The number of nitrogens with one attached hydrogen (secondary N) is 1. The summed E-state index contributed by atoms with van der Waals surface area (Å²) in [5.74, 6) is 0.598. The largest absolute Gasteiger partial charge is 0.317 e. The lowest BCUT2D eigenvalue weighted by Gasteiger charge is -2.20. The smallest absolute Gasteiger partial charge is 0.0970 e. The Labute approximate surface area is 141 Å². The van der Waals surface area contributed by atoms with Gasteiger partial charge < -0.3 is 5.32 Å². The number of hydrogen-bond donors (Lipinski definition) is 1. The van der Waals surface area contributed by atoms with E-state index < -0.39 is 0 Å². The molecule has 1 aliphatic heterocycles. The maximum absolute atomic E-state index is 5.07. The van der Waals surface area contributed by atoms with E-state index in [0.29, 0.717) is 5.92 Å². The van der Waals surface area contributed by atoms with Crippen LogP contribution in [-0.2, 0) is 0 Å². The molecule has 1 aromatic heterocycles. The summed E-state index contributed by atoms with van der Waals surface area (Å²) in [6.45, 7) is 2.21. The van der Waals surface area contributed by atoms with Gasteiger partial charge in [-0.05, 0) is 31.5 Å². The van der Waals surface area contributed by atoms with Gasteiger partial charge in [0.25, 0.3) is 0 Å². The molecule has 1 fully saturated rings. The van der Waals surface area contributed by atoms with Crippen LogP contribution in [0.1, 0.15) is 23.8 Å². The van der Waals surface area contributed by atoms with Gasteiger partial charge in [0.15, 0.2) is 0 Å². The number of thiazole rings is 1. The highest BCUT2D eigenvalue weighted by atomic mass is 32.1. The highest BCUT2D eigenvalue weighted by Gasteiger charge is 2.22. The summed E-state index contributed by atoms with van der Waals surface area (Å²) < 4.78 is 0. The van der Waals surface area contributed by atoms with Crippen LogP contribution >= 0.6 is 11.3 Å². The van der Waals surface area contributed by atoms with Crippen LogP contribution in [0.15, 0.2) is 60.7 Å². The Morgan fingerprint density at radius 2 is 1.43 bits per heavy atom. The van der Waals surface area contributed by atoms with Gasteiger partial charge in [-0.2, -0.15) is 0 Å². The minimum absolute atomic E-state index is 0.598. The van der Waals surface area contributed by atoms with Crippen molar-refractivity contribution in [3.05, 3.63) is 65.7 Å². The first-order valence-corrected chi connectivity index (χ1v) is 9.06. The summed E-state index contributed by atoms with van der Waals surface area (Å²) in [5.41, 5.74) is 3.61. The SMILES string of the molecule is c1ccc(-c2nc(C3CCNCC3)sc2-c2ccccc2)cc1. The second-order valence-corrected chi connectivity index (χ2v) is 7.02. The van der Waals surface area contributed by atoms with Gasteiger partial charge in [0.05, 0.1) is 15.6 Å². The van der Waals surface area contributed by atoms with E-state index in [2.05, 4.69) is 66.0 Å². The van der Waals surface area contributed by atoms with E-state index in [9.17, 15) is 0 Å². The van der Waals surface area contributed by atoms with Crippen molar-refractivity contribution < 1.29 is 0 Å². The molecular formula is C20H20N2S. The zero-order chi connectivity index (χ0) is 15.5. The van der Waals surface area contributed by atoms with Gasteiger partial charge in [-0.3, -0.25) is 0 Å². The van der Waals surface area contributed by atoms with Gasteiger partial charge in [-0.1, -0.05) is 60.7 Å². The molecule has 0 radical (unpaired) electrons. The predicted molar refractivity (Wildman–Crippen MR) is 97.8 cm³/mol. The maximum Gasteiger partial charge on any atom is 0.0970 e. The van der Waals surface area contributed by atoms with Crippen LogP contribution in [0, 0.1) is 0 Å². The maximum atomic E-state index is 5.07. The summed E-state index contributed by atoms with van der Waals surface area (Å²) in [4.78, 5) is 6.37. The minimum Gasteiger partial charge on any atom is -0.317 e. The van der Waals surface area contributed by atoms with Crippen LogP contribution in [0.25, 0.3) is 21.7 Å². The summed E-state index contributed by atoms with van der Waals surface area (Å²) >= 11 is 1.88. The third kappa shape index (κ3) is 3.07. The lowest BCUT2D eigenvalue weighted by Crippen LogP contribution is -2.26. The van der Waals surface area contributed by atoms with Gasteiger partial charge >= 0.3 is 0 Å². The summed E-state index contributed by atoms with van der Waals surface area (Å²) in [6, 6.07) is 21.2. The molecule has 1 aliphatic rings. The van der Waals surface area contributed by atoms with Crippen molar-refractivity contribution in [1.82, 2.24) is 10.3 Å². The quantitative estimate of drug-likeness (QED) is 0.739. The molecule has 2 nitrogen and oxygen atoms in total. The van der Waals surface area contributed by atoms with Crippen LogP contribution < -0.4 is 5.32 Å². The first kappa shape index (κ1) is 14.6. The van der Waals surface area contributed by atoms with Gasteiger partial charge in [-0.15, -0.1) is 11.3 Å². The lowest BCUT2D eigenvalue weighted by molar-refractivity contribution is 0.459. The molecule has 1 N–H and O–H groups in total. The van der Waals surface area contributed by atoms with Gasteiger partial charge in [0.2, 0.25) is 0 Å². The van der Waals surface area contributed by atoms with Gasteiger partial charge in [0, 0.05) is 11.5 Å². The molecule has 23 heavy (non-hydrogen) atoms. The van der Waals surface area contributed by atoms with Crippen molar-refractivity contribution in [2.24, 2.45) is 0 Å². The highest BCUT2D eigenvalue weighted by Crippen LogP contribution is 2.40. The Kier molecular flexibility index (Phi) is 4.22. The Bertz CT molecular complexity index is 702. The highest BCUT2D eigenvalue weighted by molar-refractivity contribution is 7.15. The number of rotatable bonds is 3. The van der Waals surface area contributed by atoms with Crippen LogP contribution in [0.2, 0.25) is 0 Å². The molecule has 3 heteroatoms. The fourth-order valence-corrected chi connectivity index (χ4v) is 4.42. The van der Waals surface area contributed by atoms with Crippen molar-refractivity contribution >= 4 is 11.3 Å². The van der Waals surface area contributed by atoms with Crippen molar-refractivity contribution in [2.45, 2.75) is 18.8 Å². The Balaban J connectivity index is 1.81. The first-order valence-electron chi connectivity index (χ1n) is 8.24. The van der Waals surface area contributed by atoms with E-state index >= 15 is 0 Å². The number of nitrogens with zero attached hydrogens (tertiary/aromatic N) is 1. The Hall–Kier alpha value is -1.97. The van der Waals surface area contributed by atoms with E-state index in [1.54, 1.807) is 0 Å². The molecule has 0 atom stereocenters. The van der Waals surface area contributed by atoms with E-state index in [-0.39, 0.29) is 0 Å². The standard InChI is InChI=1S/C20H20N2S/c1-3-7-15(8-4-1)18-19(16-9-5-2-6-10-16)23-20(22-18)17-11-13-21-14-12-17/h1-10,17,21H,11-14H2. The summed E-state index contributed by atoms with van der Waals surface area (Å²) in [7, 11) is 0. The van der Waals surface area contributed by atoms with Crippen molar-refractivity contribution in [3.63, 3.8) is 0 Å². The molecule has 2 aromatic carbocycles. The van der Waals surface area contributed by atoms with E-state index in [1.165, 1.54) is 33.9 Å². The number of piperidine rings is 1. The molecule has 2 heterocycles. The van der Waals surface area contributed by atoms with Crippen LogP contribution in [0.3, 0.4) is 0 Å². The molecule has 0 bridgehead atoms. The van der Waals surface area contributed by atoms with E-state index in [1.807, 2.05) is 11.3 Å². The van der Waals surface area contributed by atoms with Gasteiger partial charge in [-0.25, -0.2) is 4.98 Å². The van der Waals surface area contributed by atoms with E-state index in [0.717, 1.165) is 18.8 Å². The average molecular weight is 320 g/mol. The molecule has 0 spiro atoms. The normalized spacial score (nSPS) is 15.7. The predicted octanol–water partition coefficient (Wildman–Crippen LogP) is 4.94. The Morgan fingerprint density at radius 3 is 2.09 bits per heavy atom. The third-order valence-corrected chi connectivity index (χ3v) is 5.68. The van der Waals surface area contributed by atoms with Crippen molar-refractivity contribution in [3.8, 4) is 21.7 Å². The molecular weight excluding hydrogens is 300 g/mol. The third-order valence-electron chi connectivity index (χ3n) is 4.42. The second kappa shape index (κ2) is 6.65. The van der Waals surface area contributed by atoms with Crippen molar-refractivity contribution in [1.29, 1.82) is 0 Å². The Morgan fingerprint density at radius 1 is 0.826 bits per heavy atom. The summed E-state index contributed by atoms with van der Waals surface area (Å²) in [5, 5.41) is 4.74. The molecule has 3 aromatic rings. The van der Waals surface area contributed by atoms with Crippen LogP contribution in [0.5, 0.6) is 0 Å². The number of benzene rings is 2. The fourth-order valence-electron chi connectivity index (χ4n) is 3.16. The first-order chi connectivity index (χ1) is 11.4. The van der Waals surface area contributed by atoms with Crippen LogP contribution in [0.4, 0.5) is 0 Å². The van der Waals surface area contributed by atoms with Crippen molar-refractivity contribution in [2.75, 3.05) is 13.1 Å². The molecule has 0 amide bonds. The van der Waals surface area contributed by atoms with Gasteiger partial charge in [0.1, 0.15) is 0 Å². The van der Waals surface area contributed by atoms with Crippen LogP contribution in [-0.4, -0.2) is 18.1 Å². The second-order valence-electron chi connectivity index (χ2n) is 5.99. The summed E-state index contributed by atoms with van der Waals surface area (Å²) in [6.07, 6.45) is 2.38. The molecule has 116 valence electrons. The zero-order valence-corrected chi connectivity index (χ0v) is 13.9. The molecule has 4 rings (SSSR count). The molecule has 0 saturated carbocycles. The molecule has 0 unspecified atom stereocenters. The fraction of sp³-hybridized carbons (Fsp3) is 0.250. The molecule has 1 saturated heterocycles. The topological polar surface area (TPSA) is 24.9 Å². The number of hydrogen-bond acceptors (Lipinski definition) is 3. The monoisotopic (exact) mass is 320 g/mol. The lowest BCUT2D eigenvalue weighted by atomic mass is 9.99.